The van der Waals surface area contributed by atoms with Gasteiger partial charge in [-0.3, -0.25) is 4.79 Å². The first-order valence-corrected chi connectivity index (χ1v) is 6.16. The van der Waals surface area contributed by atoms with Crippen LogP contribution in [0.4, 0.5) is 0 Å². The van der Waals surface area contributed by atoms with Crippen molar-refractivity contribution in [2.24, 2.45) is 0 Å². The van der Waals surface area contributed by atoms with E-state index >= 15 is 0 Å². The lowest BCUT2D eigenvalue weighted by molar-refractivity contribution is -0.120. The second-order valence-corrected chi connectivity index (χ2v) is 4.41. The molecule has 3 heteroatoms. The van der Waals surface area contributed by atoms with Crippen molar-refractivity contribution < 1.29 is 9.53 Å². The molecule has 1 atom stereocenters. The van der Waals surface area contributed by atoms with Crippen molar-refractivity contribution in [3.63, 3.8) is 0 Å². The third-order valence-electron chi connectivity index (χ3n) is 3.38. The van der Waals surface area contributed by atoms with E-state index in [1.807, 2.05) is 6.07 Å². The number of carbonyl (C=O) groups is 1. The minimum atomic E-state index is -0.00213. The Morgan fingerprint density at radius 3 is 2.94 bits per heavy atom. The molecule has 2 rings (SSSR count). The summed E-state index contributed by atoms with van der Waals surface area (Å²) in [5.41, 5.74) is 2.31. The molecule has 1 unspecified atom stereocenters. The van der Waals surface area contributed by atoms with Crippen molar-refractivity contribution in [3.05, 3.63) is 29.3 Å². The molecule has 1 aromatic rings. The van der Waals surface area contributed by atoms with Gasteiger partial charge in [-0.05, 0) is 31.0 Å². The number of hydrogen-bond donors (Lipinski definition) is 1. The molecule has 1 fully saturated rings. The van der Waals surface area contributed by atoms with Crippen LogP contribution in [-0.4, -0.2) is 26.0 Å². The van der Waals surface area contributed by atoms with E-state index in [9.17, 15) is 4.79 Å². The van der Waals surface area contributed by atoms with Crippen molar-refractivity contribution in [3.8, 4) is 5.75 Å². The molecule has 1 aliphatic rings. The molecule has 3 nitrogen and oxygen atoms in total. The molecule has 92 valence electrons. The summed E-state index contributed by atoms with van der Waals surface area (Å²) in [5, 5.41) is 3.11. The molecule has 0 aliphatic carbocycles. The number of aryl methyl sites for hydroxylation is 1. The van der Waals surface area contributed by atoms with E-state index in [0.717, 1.165) is 30.7 Å². The highest BCUT2D eigenvalue weighted by Crippen LogP contribution is 2.31. The Labute approximate surface area is 102 Å². The van der Waals surface area contributed by atoms with E-state index in [-0.39, 0.29) is 11.7 Å². The SMILES string of the molecule is CCc1ccc(OC)c(C2CCNCC2=O)c1. The highest BCUT2D eigenvalue weighted by molar-refractivity contribution is 5.88. The van der Waals surface area contributed by atoms with Gasteiger partial charge in [-0.15, -0.1) is 0 Å². The van der Waals surface area contributed by atoms with Gasteiger partial charge in [0.1, 0.15) is 5.75 Å². The van der Waals surface area contributed by atoms with Gasteiger partial charge in [0.15, 0.2) is 5.78 Å². The monoisotopic (exact) mass is 233 g/mol. The minimum absolute atomic E-state index is 0.00213. The van der Waals surface area contributed by atoms with Crippen LogP contribution in [0.3, 0.4) is 0 Å². The van der Waals surface area contributed by atoms with Gasteiger partial charge in [0.2, 0.25) is 0 Å². The molecule has 1 aromatic carbocycles. The number of methoxy groups -OCH3 is 1. The van der Waals surface area contributed by atoms with Crippen molar-refractivity contribution >= 4 is 5.78 Å². The van der Waals surface area contributed by atoms with Crippen LogP contribution < -0.4 is 10.1 Å². The zero-order valence-electron chi connectivity index (χ0n) is 10.5. The zero-order chi connectivity index (χ0) is 12.3. The van der Waals surface area contributed by atoms with Crippen molar-refractivity contribution in [1.29, 1.82) is 0 Å². The number of Topliss-reactive ketones (excluding diaryl/α,β-unsaturated/α-hetero) is 1. The Morgan fingerprint density at radius 1 is 1.47 bits per heavy atom. The first-order chi connectivity index (χ1) is 8.26. The first-order valence-electron chi connectivity index (χ1n) is 6.16. The van der Waals surface area contributed by atoms with Crippen LogP contribution in [0.2, 0.25) is 0 Å². The van der Waals surface area contributed by atoms with Crippen LogP contribution in [0.1, 0.15) is 30.4 Å². The van der Waals surface area contributed by atoms with Crippen molar-refractivity contribution in [1.82, 2.24) is 5.32 Å². The third-order valence-corrected chi connectivity index (χ3v) is 3.38. The summed E-state index contributed by atoms with van der Waals surface area (Å²) in [6.45, 7) is 3.50. The van der Waals surface area contributed by atoms with Crippen LogP contribution in [-0.2, 0) is 11.2 Å². The zero-order valence-corrected chi connectivity index (χ0v) is 10.5. The number of nitrogens with one attached hydrogen (secondary N) is 1. The summed E-state index contributed by atoms with van der Waals surface area (Å²) in [5.74, 6) is 1.10. The fourth-order valence-corrected chi connectivity index (χ4v) is 2.35. The summed E-state index contributed by atoms with van der Waals surface area (Å²) in [7, 11) is 1.66. The number of hydrogen-bond acceptors (Lipinski definition) is 3. The summed E-state index contributed by atoms with van der Waals surface area (Å²) >= 11 is 0. The normalized spacial score (nSPS) is 20.4. The second kappa shape index (κ2) is 5.32. The molecular weight excluding hydrogens is 214 g/mol. The lowest BCUT2D eigenvalue weighted by atomic mass is 9.87. The number of ketones is 1. The van der Waals surface area contributed by atoms with Crippen LogP contribution in [0.15, 0.2) is 18.2 Å². The van der Waals surface area contributed by atoms with Crippen LogP contribution in [0.5, 0.6) is 5.75 Å². The van der Waals surface area contributed by atoms with E-state index in [1.165, 1.54) is 5.56 Å². The molecule has 0 amide bonds. The molecule has 0 spiro atoms. The Morgan fingerprint density at radius 2 is 2.29 bits per heavy atom. The molecule has 1 N–H and O–H groups in total. The number of benzene rings is 1. The molecule has 17 heavy (non-hydrogen) atoms. The molecule has 1 heterocycles. The van der Waals surface area contributed by atoms with E-state index in [2.05, 4.69) is 24.4 Å². The molecule has 0 aromatic heterocycles. The molecule has 1 saturated heterocycles. The predicted octanol–water partition coefficient (Wildman–Crippen LogP) is 1.90. The van der Waals surface area contributed by atoms with E-state index in [0.29, 0.717) is 6.54 Å². The maximum absolute atomic E-state index is 11.9. The fourth-order valence-electron chi connectivity index (χ4n) is 2.35. The maximum Gasteiger partial charge on any atom is 0.154 e. The number of piperidine rings is 1. The Kier molecular flexibility index (Phi) is 3.79. The van der Waals surface area contributed by atoms with Crippen molar-refractivity contribution in [2.75, 3.05) is 20.2 Å². The number of carbonyl (C=O) groups excluding carboxylic acids is 1. The molecule has 0 saturated carbocycles. The number of ether oxygens (including phenoxy) is 1. The maximum atomic E-state index is 11.9. The van der Waals surface area contributed by atoms with Gasteiger partial charge in [0.05, 0.1) is 13.7 Å². The van der Waals surface area contributed by atoms with E-state index in [4.69, 9.17) is 4.74 Å². The smallest absolute Gasteiger partial charge is 0.154 e. The molecule has 1 aliphatic heterocycles. The standard InChI is InChI=1S/C14H19NO2/c1-3-10-4-5-14(17-2)12(8-10)11-6-7-15-9-13(11)16/h4-5,8,11,15H,3,6-7,9H2,1-2H3. The Balaban J connectivity index is 2.37. The largest absolute Gasteiger partial charge is 0.496 e. The molecule has 0 radical (unpaired) electrons. The quantitative estimate of drug-likeness (QED) is 0.866. The average molecular weight is 233 g/mol. The van der Waals surface area contributed by atoms with Crippen LogP contribution >= 0.6 is 0 Å². The number of rotatable bonds is 3. The lowest BCUT2D eigenvalue weighted by Crippen LogP contribution is -2.35. The van der Waals surface area contributed by atoms with Gasteiger partial charge < -0.3 is 10.1 Å². The molecule has 0 bridgehead atoms. The summed E-state index contributed by atoms with van der Waals surface area (Å²) < 4.78 is 5.37. The van der Waals surface area contributed by atoms with Gasteiger partial charge in [-0.25, -0.2) is 0 Å². The van der Waals surface area contributed by atoms with E-state index in [1.54, 1.807) is 7.11 Å². The highest BCUT2D eigenvalue weighted by atomic mass is 16.5. The average Bonchev–Trinajstić information content (AvgIpc) is 2.38. The summed E-state index contributed by atoms with van der Waals surface area (Å²) in [6, 6.07) is 6.16. The van der Waals surface area contributed by atoms with E-state index < -0.39 is 0 Å². The molecular formula is C14H19NO2. The minimum Gasteiger partial charge on any atom is -0.496 e. The summed E-state index contributed by atoms with van der Waals surface area (Å²) in [6.07, 6.45) is 1.85. The Hall–Kier alpha value is -1.35. The van der Waals surface area contributed by atoms with Gasteiger partial charge in [0.25, 0.3) is 0 Å². The third kappa shape index (κ3) is 2.50. The Bertz CT molecular complexity index is 415. The lowest BCUT2D eigenvalue weighted by Gasteiger charge is -2.23. The van der Waals surface area contributed by atoms with Gasteiger partial charge >= 0.3 is 0 Å². The van der Waals surface area contributed by atoms with Gasteiger partial charge in [0, 0.05) is 11.5 Å². The topological polar surface area (TPSA) is 38.3 Å². The first kappa shape index (κ1) is 12.1. The highest BCUT2D eigenvalue weighted by Gasteiger charge is 2.26. The van der Waals surface area contributed by atoms with Crippen LogP contribution in [0, 0.1) is 0 Å². The van der Waals surface area contributed by atoms with Crippen LogP contribution in [0.25, 0.3) is 0 Å². The predicted molar refractivity (Wildman–Crippen MR) is 67.6 cm³/mol. The van der Waals surface area contributed by atoms with Gasteiger partial charge in [-0.1, -0.05) is 19.1 Å². The van der Waals surface area contributed by atoms with Crippen molar-refractivity contribution in [2.45, 2.75) is 25.7 Å². The second-order valence-electron chi connectivity index (χ2n) is 4.41. The fraction of sp³-hybridized carbons (Fsp3) is 0.500. The summed E-state index contributed by atoms with van der Waals surface area (Å²) in [4.78, 5) is 11.9. The van der Waals surface area contributed by atoms with Gasteiger partial charge in [-0.2, -0.15) is 0 Å².